The minimum Gasteiger partial charge on any atom is -0.462 e. The van der Waals surface area contributed by atoms with Crippen LogP contribution in [0.15, 0.2) is 24.3 Å². The molecule has 112 valence electrons. The van der Waals surface area contributed by atoms with Crippen molar-refractivity contribution in [3.8, 4) is 0 Å². The molecule has 0 radical (unpaired) electrons. The molecule has 1 N–H and O–H groups in total. The number of nitro groups is 1. The lowest BCUT2D eigenvalue weighted by Gasteiger charge is -2.30. The number of ether oxygens (including phenoxy) is 1. The van der Waals surface area contributed by atoms with E-state index in [1.165, 1.54) is 19.1 Å². The van der Waals surface area contributed by atoms with Gasteiger partial charge in [0.05, 0.1) is 4.92 Å². The van der Waals surface area contributed by atoms with Crippen molar-refractivity contribution in [1.82, 2.24) is 4.98 Å². The fourth-order valence-corrected chi connectivity index (χ4v) is 2.20. The summed E-state index contributed by atoms with van der Waals surface area (Å²) in [6, 6.07) is 6.54. The maximum absolute atomic E-state index is 11.1. The highest BCUT2D eigenvalue weighted by Gasteiger charge is 2.32. The van der Waals surface area contributed by atoms with Crippen LogP contribution in [0.4, 0.5) is 5.69 Å². The highest BCUT2D eigenvalue weighted by Crippen LogP contribution is 2.32. The van der Waals surface area contributed by atoms with Crippen LogP contribution >= 0.6 is 0 Å². The van der Waals surface area contributed by atoms with Crippen LogP contribution < -0.4 is 0 Å². The molecule has 0 aliphatic carbocycles. The number of hydrogen-bond acceptors (Lipinski definition) is 4. The summed E-state index contributed by atoms with van der Waals surface area (Å²) < 4.78 is 5.26. The lowest BCUT2D eigenvalue weighted by molar-refractivity contribution is -0.384. The Bertz CT molecular complexity index is 703. The number of carbonyl (C=O) groups is 1. The van der Waals surface area contributed by atoms with E-state index in [0.717, 1.165) is 16.6 Å². The molecule has 2 aromatic rings. The van der Waals surface area contributed by atoms with Gasteiger partial charge in [0.25, 0.3) is 5.69 Å². The number of benzene rings is 1. The number of nitrogens with one attached hydrogen (secondary N) is 1. The van der Waals surface area contributed by atoms with E-state index in [9.17, 15) is 14.9 Å². The largest absolute Gasteiger partial charge is 0.462 e. The van der Waals surface area contributed by atoms with Crippen molar-refractivity contribution in [2.45, 2.75) is 39.2 Å². The van der Waals surface area contributed by atoms with E-state index in [1.54, 1.807) is 6.07 Å². The van der Waals surface area contributed by atoms with Crippen molar-refractivity contribution < 1.29 is 14.5 Å². The number of nitro benzene ring substituents is 1. The molecule has 1 atom stereocenters. The standard InChI is InChI=1S/C15H18N2O4/c1-9(21-10(2)18)15(3,4)14-8-11-7-12(17(19)20)5-6-13(11)16-14/h5-9,16H,1-4H3. The van der Waals surface area contributed by atoms with Crippen molar-refractivity contribution in [1.29, 1.82) is 0 Å². The predicted octanol–water partition coefficient (Wildman–Crippen LogP) is 3.31. The second kappa shape index (κ2) is 5.20. The minimum absolute atomic E-state index is 0.0545. The summed E-state index contributed by atoms with van der Waals surface area (Å²) in [4.78, 5) is 24.8. The summed E-state index contributed by atoms with van der Waals surface area (Å²) in [6.07, 6.45) is -0.321. The number of carbonyl (C=O) groups excluding carboxylic acids is 1. The van der Waals surface area contributed by atoms with E-state index in [4.69, 9.17) is 4.74 Å². The smallest absolute Gasteiger partial charge is 0.302 e. The molecule has 0 saturated carbocycles. The van der Waals surface area contributed by atoms with Crippen molar-refractivity contribution in [2.75, 3.05) is 0 Å². The fourth-order valence-electron chi connectivity index (χ4n) is 2.20. The molecule has 0 saturated heterocycles. The van der Waals surface area contributed by atoms with Crippen molar-refractivity contribution in [2.24, 2.45) is 0 Å². The van der Waals surface area contributed by atoms with Gasteiger partial charge in [0, 0.05) is 41.1 Å². The van der Waals surface area contributed by atoms with E-state index < -0.39 is 10.3 Å². The molecular weight excluding hydrogens is 272 g/mol. The fraction of sp³-hybridized carbons (Fsp3) is 0.400. The Labute approximate surface area is 122 Å². The molecule has 0 aliphatic heterocycles. The van der Waals surface area contributed by atoms with Gasteiger partial charge in [-0.25, -0.2) is 0 Å². The van der Waals surface area contributed by atoms with Gasteiger partial charge in [-0.05, 0) is 19.1 Å². The van der Waals surface area contributed by atoms with Gasteiger partial charge in [-0.2, -0.15) is 0 Å². The average Bonchev–Trinajstić information content (AvgIpc) is 2.80. The molecule has 6 nitrogen and oxygen atoms in total. The zero-order valence-corrected chi connectivity index (χ0v) is 12.5. The third kappa shape index (κ3) is 2.89. The predicted molar refractivity (Wildman–Crippen MR) is 79.2 cm³/mol. The Balaban J connectivity index is 2.42. The second-order valence-electron chi connectivity index (χ2n) is 5.69. The monoisotopic (exact) mass is 290 g/mol. The zero-order valence-electron chi connectivity index (χ0n) is 12.5. The van der Waals surface area contributed by atoms with E-state index >= 15 is 0 Å². The molecule has 1 heterocycles. The summed E-state index contributed by atoms with van der Waals surface area (Å²) in [5, 5.41) is 11.6. The van der Waals surface area contributed by atoms with Gasteiger partial charge in [-0.3, -0.25) is 14.9 Å². The number of hydrogen-bond donors (Lipinski definition) is 1. The lowest BCUT2D eigenvalue weighted by atomic mass is 9.84. The van der Waals surface area contributed by atoms with Gasteiger partial charge in [0.15, 0.2) is 0 Å². The number of non-ortho nitro benzene ring substituents is 1. The van der Waals surface area contributed by atoms with Gasteiger partial charge < -0.3 is 9.72 Å². The van der Waals surface area contributed by atoms with Crippen LogP contribution in [0.5, 0.6) is 0 Å². The Morgan fingerprint density at radius 3 is 2.62 bits per heavy atom. The number of aromatic amines is 1. The molecular formula is C15H18N2O4. The van der Waals surface area contributed by atoms with Crippen LogP contribution in [-0.2, 0) is 14.9 Å². The Hall–Kier alpha value is -2.37. The van der Waals surface area contributed by atoms with Crippen LogP contribution in [0.25, 0.3) is 10.9 Å². The summed E-state index contributed by atoms with van der Waals surface area (Å²) in [6.45, 7) is 7.12. The van der Waals surface area contributed by atoms with Crippen LogP contribution in [0.1, 0.15) is 33.4 Å². The van der Waals surface area contributed by atoms with E-state index in [2.05, 4.69) is 4.98 Å². The number of nitrogens with zero attached hydrogens (tertiary/aromatic N) is 1. The van der Waals surface area contributed by atoms with Crippen LogP contribution in [-0.4, -0.2) is 22.0 Å². The van der Waals surface area contributed by atoms with Crippen LogP contribution in [0.3, 0.4) is 0 Å². The normalized spacial score (nSPS) is 13.1. The van der Waals surface area contributed by atoms with Gasteiger partial charge in [-0.15, -0.1) is 0 Å². The number of rotatable bonds is 4. The molecule has 0 fully saturated rings. The molecule has 1 unspecified atom stereocenters. The first-order valence-corrected chi connectivity index (χ1v) is 6.66. The lowest BCUT2D eigenvalue weighted by Crippen LogP contribution is -2.35. The molecule has 21 heavy (non-hydrogen) atoms. The average molecular weight is 290 g/mol. The quantitative estimate of drug-likeness (QED) is 0.532. The molecule has 2 rings (SSSR count). The number of esters is 1. The third-order valence-corrected chi connectivity index (χ3v) is 3.87. The molecule has 1 aromatic carbocycles. The summed E-state index contributed by atoms with van der Waals surface area (Å²) >= 11 is 0. The van der Waals surface area contributed by atoms with Crippen LogP contribution in [0, 0.1) is 10.1 Å². The van der Waals surface area contributed by atoms with E-state index in [0.29, 0.717) is 0 Å². The molecule has 1 aromatic heterocycles. The third-order valence-electron chi connectivity index (χ3n) is 3.87. The van der Waals surface area contributed by atoms with Gasteiger partial charge in [-0.1, -0.05) is 13.8 Å². The topological polar surface area (TPSA) is 85.2 Å². The second-order valence-corrected chi connectivity index (χ2v) is 5.69. The van der Waals surface area contributed by atoms with E-state index in [-0.39, 0.29) is 17.8 Å². The van der Waals surface area contributed by atoms with Gasteiger partial charge in [0.1, 0.15) is 6.10 Å². The number of H-pyrrole nitrogens is 1. The molecule has 0 aliphatic rings. The number of aromatic nitrogens is 1. The Morgan fingerprint density at radius 1 is 1.38 bits per heavy atom. The van der Waals surface area contributed by atoms with Crippen molar-refractivity contribution >= 4 is 22.6 Å². The summed E-state index contributed by atoms with van der Waals surface area (Å²) in [7, 11) is 0. The first-order chi connectivity index (χ1) is 9.71. The van der Waals surface area contributed by atoms with E-state index in [1.807, 2.05) is 26.8 Å². The zero-order chi connectivity index (χ0) is 15.8. The molecule has 0 amide bonds. The highest BCUT2D eigenvalue weighted by atomic mass is 16.6. The van der Waals surface area contributed by atoms with Gasteiger partial charge in [0.2, 0.25) is 0 Å². The van der Waals surface area contributed by atoms with Crippen LogP contribution in [0.2, 0.25) is 0 Å². The summed E-state index contributed by atoms with van der Waals surface area (Å²) in [5.41, 5.74) is 1.31. The maximum Gasteiger partial charge on any atom is 0.302 e. The first-order valence-electron chi connectivity index (χ1n) is 6.66. The molecule has 0 spiro atoms. The molecule has 6 heteroatoms. The first kappa shape index (κ1) is 15.0. The number of fused-ring (bicyclic) bond motifs is 1. The van der Waals surface area contributed by atoms with Crippen molar-refractivity contribution in [3.63, 3.8) is 0 Å². The Kier molecular flexibility index (Phi) is 3.72. The highest BCUT2D eigenvalue weighted by molar-refractivity contribution is 5.83. The molecule has 0 bridgehead atoms. The maximum atomic E-state index is 11.1. The summed E-state index contributed by atoms with van der Waals surface area (Å²) in [5.74, 6) is -0.331. The minimum atomic E-state index is -0.431. The SMILES string of the molecule is CC(=O)OC(C)C(C)(C)c1cc2cc([N+](=O)[O-])ccc2[nH]1. The van der Waals surface area contributed by atoms with Crippen molar-refractivity contribution in [3.05, 3.63) is 40.1 Å². The Morgan fingerprint density at radius 2 is 2.05 bits per heavy atom. The van der Waals surface area contributed by atoms with Gasteiger partial charge >= 0.3 is 5.97 Å².